The van der Waals surface area contributed by atoms with Gasteiger partial charge in [-0.2, -0.15) is 5.26 Å². The molecule has 0 aliphatic carbocycles. The van der Waals surface area contributed by atoms with E-state index in [2.05, 4.69) is 5.32 Å². The number of hydrogen-bond acceptors (Lipinski definition) is 4. The van der Waals surface area contributed by atoms with E-state index in [1.165, 1.54) is 29.2 Å². The van der Waals surface area contributed by atoms with Gasteiger partial charge in [0.1, 0.15) is 22.5 Å². The molecule has 3 aromatic carbocycles. The Morgan fingerprint density at radius 2 is 1.77 bits per heavy atom. The smallest absolute Gasteiger partial charge is 0.269 e. The Hall–Kier alpha value is -3.31. The zero-order valence-corrected chi connectivity index (χ0v) is 20.7. The Balaban J connectivity index is 1.72. The van der Waals surface area contributed by atoms with E-state index in [1.807, 2.05) is 25.1 Å². The van der Waals surface area contributed by atoms with E-state index in [0.29, 0.717) is 27.8 Å². The SMILES string of the molecule is Cc1ccc(N2C(=O)C(Cc3ccc(Cl)c(Cl)c3)S/C2=C(/C#N)C(=O)Nc2ccc(F)cc2)cc1. The van der Waals surface area contributed by atoms with Gasteiger partial charge in [0.15, 0.2) is 0 Å². The van der Waals surface area contributed by atoms with Gasteiger partial charge in [-0.1, -0.05) is 58.7 Å². The van der Waals surface area contributed by atoms with Crippen molar-refractivity contribution in [2.24, 2.45) is 0 Å². The van der Waals surface area contributed by atoms with Crippen LogP contribution in [0.25, 0.3) is 0 Å². The molecule has 35 heavy (non-hydrogen) atoms. The predicted molar refractivity (Wildman–Crippen MR) is 138 cm³/mol. The minimum absolute atomic E-state index is 0.218. The third kappa shape index (κ3) is 5.51. The summed E-state index contributed by atoms with van der Waals surface area (Å²) in [5.41, 5.74) is 2.45. The van der Waals surface area contributed by atoms with Gasteiger partial charge in [0, 0.05) is 11.4 Å². The molecule has 1 heterocycles. The summed E-state index contributed by atoms with van der Waals surface area (Å²) >= 11 is 13.3. The fraction of sp³-hybridized carbons (Fsp3) is 0.115. The Kier molecular flexibility index (Phi) is 7.46. The molecule has 4 rings (SSSR count). The zero-order chi connectivity index (χ0) is 25.1. The lowest BCUT2D eigenvalue weighted by Gasteiger charge is -2.19. The standard InChI is InChI=1S/C26H18Cl2FN3O2S/c1-15-2-9-19(10-3-15)32-25(34)23(13-16-4-11-21(27)22(28)12-16)35-26(32)20(14-30)24(33)31-18-7-5-17(29)6-8-18/h2-12,23H,13H2,1H3,(H,31,33)/b26-20-. The second-order valence-electron chi connectivity index (χ2n) is 7.82. The Labute approximate surface area is 216 Å². The number of anilines is 2. The lowest BCUT2D eigenvalue weighted by Crippen LogP contribution is -2.30. The minimum atomic E-state index is -0.693. The lowest BCUT2D eigenvalue weighted by molar-refractivity contribution is -0.117. The molecule has 0 spiro atoms. The van der Waals surface area contributed by atoms with Crippen molar-refractivity contribution in [2.75, 3.05) is 10.2 Å². The number of carbonyl (C=O) groups excluding carboxylic acids is 2. The number of nitrogens with one attached hydrogen (secondary N) is 1. The molecule has 176 valence electrons. The van der Waals surface area contributed by atoms with E-state index in [9.17, 15) is 19.2 Å². The summed E-state index contributed by atoms with van der Waals surface area (Å²) < 4.78 is 13.2. The Morgan fingerprint density at radius 3 is 2.40 bits per heavy atom. The van der Waals surface area contributed by atoms with Crippen molar-refractivity contribution >= 4 is 58.2 Å². The maximum absolute atomic E-state index is 13.5. The van der Waals surface area contributed by atoms with Gasteiger partial charge in [-0.15, -0.1) is 0 Å². The van der Waals surface area contributed by atoms with Gasteiger partial charge in [0.2, 0.25) is 5.91 Å². The fourth-order valence-corrected chi connectivity index (χ4v) is 5.15. The summed E-state index contributed by atoms with van der Waals surface area (Å²) in [4.78, 5) is 28.0. The second kappa shape index (κ2) is 10.5. The highest BCUT2D eigenvalue weighted by atomic mass is 35.5. The summed E-state index contributed by atoms with van der Waals surface area (Å²) in [5, 5.41) is 12.9. The van der Waals surface area contributed by atoms with Crippen molar-refractivity contribution in [1.29, 1.82) is 5.26 Å². The number of benzene rings is 3. The summed E-state index contributed by atoms with van der Waals surface area (Å²) in [7, 11) is 0. The van der Waals surface area contributed by atoms with Crippen molar-refractivity contribution < 1.29 is 14.0 Å². The van der Waals surface area contributed by atoms with E-state index in [4.69, 9.17) is 23.2 Å². The van der Waals surface area contributed by atoms with Gasteiger partial charge in [0.05, 0.1) is 15.3 Å². The van der Waals surface area contributed by atoms with E-state index < -0.39 is 17.0 Å². The number of nitriles is 1. The first-order chi connectivity index (χ1) is 16.8. The van der Waals surface area contributed by atoms with E-state index >= 15 is 0 Å². The van der Waals surface area contributed by atoms with Crippen LogP contribution in [0.15, 0.2) is 77.3 Å². The Morgan fingerprint density at radius 1 is 1.09 bits per heavy atom. The van der Waals surface area contributed by atoms with Crippen molar-refractivity contribution in [3.63, 3.8) is 0 Å². The number of thioether (sulfide) groups is 1. The van der Waals surface area contributed by atoms with Crippen molar-refractivity contribution in [2.45, 2.75) is 18.6 Å². The zero-order valence-electron chi connectivity index (χ0n) is 18.4. The highest BCUT2D eigenvalue weighted by Gasteiger charge is 2.40. The van der Waals surface area contributed by atoms with Crippen molar-refractivity contribution in [3.05, 3.63) is 104 Å². The predicted octanol–water partition coefficient (Wildman–Crippen LogP) is 6.51. The molecular weight excluding hydrogens is 508 g/mol. The number of aryl methyl sites for hydroxylation is 1. The molecule has 3 aromatic rings. The molecule has 0 radical (unpaired) electrons. The molecule has 1 aliphatic rings. The molecular formula is C26H18Cl2FN3O2S. The normalized spacial score (nSPS) is 16.7. The first-order valence-electron chi connectivity index (χ1n) is 10.5. The van der Waals surface area contributed by atoms with Crippen LogP contribution in [0.3, 0.4) is 0 Å². The fourth-order valence-electron chi connectivity index (χ4n) is 3.52. The van der Waals surface area contributed by atoms with Gasteiger partial charge < -0.3 is 5.32 Å². The molecule has 1 N–H and O–H groups in total. The maximum atomic E-state index is 13.5. The quantitative estimate of drug-likeness (QED) is 0.304. The van der Waals surface area contributed by atoms with Crippen molar-refractivity contribution in [3.8, 4) is 6.07 Å². The molecule has 1 aliphatic heterocycles. The highest BCUT2D eigenvalue weighted by Crippen LogP contribution is 2.42. The molecule has 1 fully saturated rings. The number of carbonyl (C=O) groups is 2. The Bertz CT molecular complexity index is 1370. The number of halogens is 3. The third-order valence-corrected chi connectivity index (χ3v) is 7.31. The molecule has 9 heteroatoms. The average molecular weight is 526 g/mol. The molecule has 2 amide bonds. The summed E-state index contributed by atoms with van der Waals surface area (Å²) in [6.45, 7) is 1.92. The van der Waals surface area contributed by atoms with Gasteiger partial charge >= 0.3 is 0 Å². The molecule has 0 aromatic heterocycles. The van der Waals surface area contributed by atoms with E-state index in [-0.39, 0.29) is 16.5 Å². The molecule has 1 atom stereocenters. The van der Waals surface area contributed by atoms with Crippen LogP contribution >= 0.6 is 35.0 Å². The first-order valence-corrected chi connectivity index (χ1v) is 12.1. The molecule has 0 saturated carbocycles. The van der Waals surface area contributed by atoms with E-state index in [1.54, 1.807) is 30.3 Å². The molecule has 1 unspecified atom stereocenters. The minimum Gasteiger partial charge on any atom is -0.321 e. The summed E-state index contributed by atoms with van der Waals surface area (Å²) in [6, 6.07) is 19.5. The molecule has 1 saturated heterocycles. The topological polar surface area (TPSA) is 73.2 Å². The van der Waals surface area contributed by atoms with Crippen LogP contribution in [0.4, 0.5) is 15.8 Å². The van der Waals surface area contributed by atoms with Crippen LogP contribution < -0.4 is 10.2 Å². The third-order valence-electron chi connectivity index (χ3n) is 5.30. The maximum Gasteiger partial charge on any atom is 0.269 e. The van der Waals surface area contributed by atoms with Crippen LogP contribution in [0.5, 0.6) is 0 Å². The highest BCUT2D eigenvalue weighted by molar-refractivity contribution is 8.05. The molecule has 0 bridgehead atoms. The number of nitrogens with zero attached hydrogens (tertiary/aromatic N) is 2. The number of hydrogen-bond donors (Lipinski definition) is 1. The van der Waals surface area contributed by atoms with Gasteiger partial charge in [0.25, 0.3) is 5.91 Å². The molecule has 5 nitrogen and oxygen atoms in total. The van der Waals surface area contributed by atoms with Crippen LogP contribution in [-0.2, 0) is 16.0 Å². The van der Waals surface area contributed by atoms with Crippen LogP contribution in [0.1, 0.15) is 11.1 Å². The van der Waals surface area contributed by atoms with Gasteiger partial charge in [-0.05, 0) is 67.4 Å². The first kappa shape index (κ1) is 24.8. The summed E-state index contributed by atoms with van der Waals surface area (Å²) in [5.74, 6) is -1.40. The number of amides is 2. The van der Waals surface area contributed by atoms with E-state index in [0.717, 1.165) is 22.9 Å². The summed E-state index contributed by atoms with van der Waals surface area (Å²) in [6.07, 6.45) is 0.324. The van der Waals surface area contributed by atoms with Gasteiger partial charge in [-0.25, -0.2) is 4.39 Å². The second-order valence-corrected chi connectivity index (χ2v) is 9.83. The monoisotopic (exact) mass is 525 g/mol. The number of rotatable bonds is 5. The lowest BCUT2D eigenvalue weighted by atomic mass is 10.1. The van der Waals surface area contributed by atoms with Crippen LogP contribution in [-0.4, -0.2) is 17.1 Å². The average Bonchev–Trinajstić information content (AvgIpc) is 3.14. The van der Waals surface area contributed by atoms with Crippen molar-refractivity contribution in [1.82, 2.24) is 0 Å². The van der Waals surface area contributed by atoms with Crippen LogP contribution in [0, 0.1) is 24.1 Å². The van der Waals surface area contributed by atoms with Crippen LogP contribution in [0.2, 0.25) is 10.0 Å². The largest absolute Gasteiger partial charge is 0.321 e. The van der Waals surface area contributed by atoms with Gasteiger partial charge in [-0.3, -0.25) is 14.5 Å².